The summed E-state index contributed by atoms with van der Waals surface area (Å²) >= 11 is 1.71. The van der Waals surface area contributed by atoms with Crippen molar-refractivity contribution in [3.05, 3.63) is 5.82 Å². The van der Waals surface area contributed by atoms with E-state index in [0.29, 0.717) is 0 Å². The van der Waals surface area contributed by atoms with Gasteiger partial charge in [-0.15, -0.1) is 5.10 Å². The molecule has 1 heterocycles. The smallest absolute Gasteiger partial charge is 0.208 e. The van der Waals surface area contributed by atoms with Gasteiger partial charge in [0.25, 0.3) is 0 Å². The van der Waals surface area contributed by atoms with Crippen molar-refractivity contribution in [2.45, 2.75) is 50.2 Å². The van der Waals surface area contributed by atoms with E-state index in [-0.39, 0.29) is 0 Å². The molecule has 2 rings (SSSR count). The first-order valence-electron chi connectivity index (χ1n) is 6.10. The highest BCUT2D eigenvalue weighted by molar-refractivity contribution is 7.99. The van der Waals surface area contributed by atoms with Crippen molar-refractivity contribution < 1.29 is 0 Å². The predicted octanol–water partition coefficient (Wildman–Crippen LogP) is 2.13. The Labute approximate surface area is 101 Å². The highest BCUT2D eigenvalue weighted by atomic mass is 32.2. The van der Waals surface area contributed by atoms with E-state index in [1.807, 2.05) is 6.92 Å². The normalized spacial score (nSPS) is 17.8. The molecule has 1 aromatic heterocycles. The number of nitrogens with one attached hydrogen (secondary N) is 2. The van der Waals surface area contributed by atoms with Crippen LogP contribution in [-0.4, -0.2) is 33.5 Å². The monoisotopic (exact) mass is 240 g/mol. The summed E-state index contributed by atoms with van der Waals surface area (Å²) in [6, 6.07) is 0.753. The number of H-pyrrole nitrogens is 1. The van der Waals surface area contributed by atoms with E-state index in [2.05, 4.69) is 20.5 Å². The quantitative estimate of drug-likeness (QED) is 0.611. The Balaban J connectivity index is 1.57. The molecule has 1 aromatic rings. The molecule has 1 fully saturated rings. The third-order valence-electron chi connectivity index (χ3n) is 2.95. The second-order valence-electron chi connectivity index (χ2n) is 4.34. The van der Waals surface area contributed by atoms with Crippen LogP contribution >= 0.6 is 11.8 Å². The maximum absolute atomic E-state index is 4.26. The van der Waals surface area contributed by atoms with E-state index in [1.54, 1.807) is 11.8 Å². The molecule has 1 aliphatic rings. The van der Waals surface area contributed by atoms with Crippen molar-refractivity contribution in [2.75, 3.05) is 12.3 Å². The molecule has 0 atom stereocenters. The maximum atomic E-state index is 4.26. The Bertz CT molecular complexity index is 307. The van der Waals surface area contributed by atoms with Gasteiger partial charge in [0.1, 0.15) is 5.82 Å². The van der Waals surface area contributed by atoms with Gasteiger partial charge in [-0.1, -0.05) is 31.0 Å². The second kappa shape index (κ2) is 6.25. The fourth-order valence-corrected chi connectivity index (χ4v) is 2.81. The van der Waals surface area contributed by atoms with Crippen LogP contribution in [-0.2, 0) is 0 Å². The van der Waals surface area contributed by atoms with Gasteiger partial charge in [-0.25, -0.2) is 4.98 Å². The lowest BCUT2D eigenvalue weighted by Gasteiger charge is -2.22. The summed E-state index contributed by atoms with van der Waals surface area (Å²) < 4.78 is 0. The van der Waals surface area contributed by atoms with Crippen molar-refractivity contribution in [3.8, 4) is 0 Å². The molecule has 0 spiro atoms. The van der Waals surface area contributed by atoms with Crippen LogP contribution in [0, 0.1) is 6.92 Å². The Morgan fingerprint density at radius 2 is 2.19 bits per heavy atom. The summed E-state index contributed by atoms with van der Waals surface area (Å²) in [6.07, 6.45) is 6.91. The fourth-order valence-electron chi connectivity index (χ4n) is 2.10. The Hall–Kier alpha value is -0.550. The molecule has 0 aliphatic heterocycles. The molecule has 0 bridgehead atoms. The van der Waals surface area contributed by atoms with Gasteiger partial charge in [-0.3, -0.25) is 5.10 Å². The SMILES string of the molecule is Cc1nc(SCCNC2CCCCC2)n[nH]1. The number of hydrogen-bond acceptors (Lipinski definition) is 4. The van der Waals surface area contributed by atoms with Crippen LogP contribution in [0.25, 0.3) is 0 Å². The largest absolute Gasteiger partial charge is 0.313 e. The first-order chi connectivity index (χ1) is 7.84. The number of aromatic amines is 1. The molecule has 16 heavy (non-hydrogen) atoms. The average Bonchev–Trinajstić information content (AvgIpc) is 2.72. The summed E-state index contributed by atoms with van der Waals surface area (Å²) in [6.45, 7) is 2.99. The lowest BCUT2D eigenvalue weighted by molar-refractivity contribution is 0.381. The van der Waals surface area contributed by atoms with Crippen molar-refractivity contribution >= 4 is 11.8 Å². The van der Waals surface area contributed by atoms with Gasteiger partial charge in [-0.05, 0) is 19.8 Å². The Kier molecular flexibility index (Phi) is 4.66. The first kappa shape index (κ1) is 11.9. The van der Waals surface area contributed by atoms with Gasteiger partial charge in [0.05, 0.1) is 0 Å². The van der Waals surface area contributed by atoms with Gasteiger partial charge in [0.15, 0.2) is 0 Å². The van der Waals surface area contributed by atoms with Gasteiger partial charge < -0.3 is 5.32 Å². The molecular weight excluding hydrogens is 220 g/mol. The van der Waals surface area contributed by atoms with E-state index < -0.39 is 0 Å². The summed E-state index contributed by atoms with van der Waals surface area (Å²) in [5, 5.41) is 11.4. The van der Waals surface area contributed by atoms with Crippen LogP contribution in [0.3, 0.4) is 0 Å². The number of nitrogens with zero attached hydrogens (tertiary/aromatic N) is 2. The minimum absolute atomic E-state index is 0.753. The van der Waals surface area contributed by atoms with Crippen molar-refractivity contribution in [1.82, 2.24) is 20.5 Å². The Morgan fingerprint density at radius 1 is 1.38 bits per heavy atom. The number of aromatic nitrogens is 3. The van der Waals surface area contributed by atoms with E-state index in [4.69, 9.17) is 0 Å². The minimum atomic E-state index is 0.753. The molecule has 90 valence electrons. The number of thioether (sulfide) groups is 1. The van der Waals surface area contributed by atoms with E-state index >= 15 is 0 Å². The van der Waals surface area contributed by atoms with Gasteiger partial charge in [0, 0.05) is 18.3 Å². The Morgan fingerprint density at radius 3 is 2.88 bits per heavy atom. The first-order valence-corrected chi connectivity index (χ1v) is 7.08. The molecule has 0 aromatic carbocycles. The van der Waals surface area contributed by atoms with Crippen LogP contribution in [0.15, 0.2) is 5.16 Å². The molecule has 1 saturated carbocycles. The molecule has 5 heteroatoms. The lowest BCUT2D eigenvalue weighted by Crippen LogP contribution is -2.32. The van der Waals surface area contributed by atoms with Crippen LogP contribution in [0.5, 0.6) is 0 Å². The molecule has 0 radical (unpaired) electrons. The summed E-state index contributed by atoms with van der Waals surface area (Å²) in [4.78, 5) is 4.26. The zero-order chi connectivity index (χ0) is 11.2. The molecule has 0 unspecified atom stereocenters. The molecule has 4 nitrogen and oxygen atoms in total. The highest BCUT2D eigenvalue weighted by Crippen LogP contribution is 2.17. The number of hydrogen-bond donors (Lipinski definition) is 2. The maximum Gasteiger partial charge on any atom is 0.208 e. The van der Waals surface area contributed by atoms with E-state index in [0.717, 1.165) is 29.3 Å². The molecule has 0 saturated heterocycles. The molecule has 0 amide bonds. The summed E-state index contributed by atoms with van der Waals surface area (Å²) in [5.41, 5.74) is 0. The van der Waals surface area contributed by atoms with Crippen molar-refractivity contribution in [2.24, 2.45) is 0 Å². The lowest BCUT2D eigenvalue weighted by atomic mass is 9.96. The molecule has 2 N–H and O–H groups in total. The number of aryl methyl sites for hydroxylation is 1. The van der Waals surface area contributed by atoms with E-state index in [9.17, 15) is 0 Å². The van der Waals surface area contributed by atoms with Crippen LogP contribution in [0.1, 0.15) is 37.9 Å². The molecular formula is C11H20N4S. The minimum Gasteiger partial charge on any atom is -0.313 e. The summed E-state index contributed by atoms with van der Waals surface area (Å²) in [5.74, 6) is 1.94. The fraction of sp³-hybridized carbons (Fsp3) is 0.818. The zero-order valence-electron chi connectivity index (χ0n) is 9.83. The van der Waals surface area contributed by atoms with Crippen molar-refractivity contribution in [3.63, 3.8) is 0 Å². The third-order valence-corrected chi connectivity index (χ3v) is 3.80. The highest BCUT2D eigenvalue weighted by Gasteiger charge is 2.11. The van der Waals surface area contributed by atoms with Gasteiger partial charge in [0.2, 0.25) is 5.16 Å². The topological polar surface area (TPSA) is 53.6 Å². The third kappa shape index (κ3) is 3.79. The predicted molar refractivity (Wildman–Crippen MR) is 66.7 cm³/mol. The molecule has 1 aliphatic carbocycles. The zero-order valence-corrected chi connectivity index (χ0v) is 10.6. The standard InChI is InChI=1S/C11H20N4S/c1-9-13-11(15-14-9)16-8-7-12-10-5-3-2-4-6-10/h10,12H,2-8H2,1H3,(H,13,14,15). The van der Waals surface area contributed by atoms with Crippen molar-refractivity contribution in [1.29, 1.82) is 0 Å². The number of rotatable bonds is 5. The second-order valence-corrected chi connectivity index (χ2v) is 5.40. The van der Waals surface area contributed by atoms with Crippen LogP contribution in [0.4, 0.5) is 0 Å². The average molecular weight is 240 g/mol. The van der Waals surface area contributed by atoms with Gasteiger partial charge in [-0.2, -0.15) is 0 Å². The van der Waals surface area contributed by atoms with Gasteiger partial charge >= 0.3 is 0 Å². The summed E-state index contributed by atoms with van der Waals surface area (Å²) in [7, 11) is 0. The van der Waals surface area contributed by atoms with Crippen LogP contribution < -0.4 is 5.32 Å². The van der Waals surface area contributed by atoms with Crippen LogP contribution in [0.2, 0.25) is 0 Å². The van der Waals surface area contributed by atoms with E-state index in [1.165, 1.54) is 32.1 Å².